The van der Waals surface area contributed by atoms with E-state index in [-0.39, 0.29) is 18.4 Å². The molecule has 19 heavy (non-hydrogen) atoms. The normalized spacial score (nSPS) is 11.7. The zero-order valence-electron chi connectivity index (χ0n) is 9.87. The first-order chi connectivity index (χ1) is 8.88. The third-order valence-corrected chi connectivity index (χ3v) is 2.89. The van der Waals surface area contributed by atoms with Gasteiger partial charge in [0.15, 0.2) is 0 Å². The maximum absolute atomic E-state index is 13.0. The van der Waals surface area contributed by atoms with Gasteiger partial charge in [0.05, 0.1) is 5.56 Å². The number of carboxylic acids is 1. The lowest BCUT2D eigenvalue weighted by Crippen LogP contribution is -2.10. The van der Waals surface area contributed by atoms with E-state index in [1.165, 1.54) is 6.07 Å². The van der Waals surface area contributed by atoms with Gasteiger partial charge < -0.3 is 5.11 Å². The van der Waals surface area contributed by atoms with Gasteiger partial charge in [-0.05, 0) is 28.8 Å². The van der Waals surface area contributed by atoms with E-state index in [0.29, 0.717) is 10.8 Å². The highest BCUT2D eigenvalue weighted by Crippen LogP contribution is 2.35. The van der Waals surface area contributed by atoms with Crippen LogP contribution in [0.4, 0.5) is 13.2 Å². The second kappa shape index (κ2) is 4.91. The summed E-state index contributed by atoms with van der Waals surface area (Å²) in [6.07, 6.45) is -4.92. The monoisotopic (exact) mass is 268 g/mol. The van der Waals surface area contributed by atoms with Crippen molar-refractivity contribution in [2.45, 2.75) is 19.0 Å². The summed E-state index contributed by atoms with van der Waals surface area (Å²) >= 11 is 0. The van der Waals surface area contributed by atoms with Gasteiger partial charge in [0.1, 0.15) is 0 Å². The Kier molecular flexibility index (Phi) is 3.46. The fourth-order valence-electron chi connectivity index (χ4n) is 2.00. The predicted molar refractivity (Wildman–Crippen MR) is 64.9 cm³/mol. The average molecular weight is 268 g/mol. The molecule has 0 atom stereocenters. The SMILES string of the molecule is O=C(O)CCc1cc2ccccc2cc1C(F)(F)F. The fourth-order valence-corrected chi connectivity index (χ4v) is 2.00. The van der Waals surface area contributed by atoms with Gasteiger partial charge in [0.25, 0.3) is 0 Å². The Morgan fingerprint density at radius 1 is 1.11 bits per heavy atom. The quantitative estimate of drug-likeness (QED) is 0.917. The number of hydrogen-bond donors (Lipinski definition) is 1. The molecule has 0 aliphatic carbocycles. The molecule has 2 aromatic carbocycles. The van der Waals surface area contributed by atoms with Crippen LogP contribution in [0, 0.1) is 0 Å². The molecular formula is C14H11F3O2. The highest BCUT2D eigenvalue weighted by Gasteiger charge is 2.33. The lowest BCUT2D eigenvalue weighted by molar-refractivity contribution is -0.140. The van der Waals surface area contributed by atoms with Gasteiger partial charge in [-0.15, -0.1) is 0 Å². The maximum Gasteiger partial charge on any atom is 0.416 e. The molecule has 2 rings (SSSR count). The number of benzene rings is 2. The fraction of sp³-hybridized carbons (Fsp3) is 0.214. The molecule has 1 N–H and O–H groups in total. The van der Waals surface area contributed by atoms with Crippen molar-refractivity contribution in [3.63, 3.8) is 0 Å². The van der Waals surface area contributed by atoms with E-state index in [0.717, 1.165) is 6.07 Å². The van der Waals surface area contributed by atoms with Gasteiger partial charge in [-0.3, -0.25) is 4.79 Å². The van der Waals surface area contributed by atoms with Crippen LogP contribution in [0.1, 0.15) is 17.5 Å². The molecule has 0 saturated heterocycles. The summed E-state index contributed by atoms with van der Waals surface area (Å²) in [4.78, 5) is 10.5. The van der Waals surface area contributed by atoms with Crippen molar-refractivity contribution >= 4 is 16.7 Å². The average Bonchev–Trinajstić information content (AvgIpc) is 2.34. The number of halogens is 3. The van der Waals surface area contributed by atoms with Crippen molar-refractivity contribution in [2.75, 3.05) is 0 Å². The van der Waals surface area contributed by atoms with Gasteiger partial charge in [0.2, 0.25) is 0 Å². The molecule has 2 nitrogen and oxygen atoms in total. The number of hydrogen-bond acceptors (Lipinski definition) is 1. The zero-order chi connectivity index (χ0) is 14.0. The number of aryl methyl sites for hydroxylation is 1. The number of rotatable bonds is 3. The van der Waals surface area contributed by atoms with Crippen molar-refractivity contribution in [1.29, 1.82) is 0 Å². The molecule has 0 heterocycles. The summed E-state index contributed by atoms with van der Waals surface area (Å²) in [6.45, 7) is 0. The minimum absolute atomic E-state index is 0.0219. The Balaban J connectivity index is 2.54. The molecule has 100 valence electrons. The summed E-state index contributed by atoms with van der Waals surface area (Å²) in [7, 11) is 0. The van der Waals surface area contributed by atoms with Crippen molar-refractivity contribution in [3.8, 4) is 0 Å². The van der Waals surface area contributed by atoms with Crippen LogP contribution in [-0.4, -0.2) is 11.1 Å². The predicted octanol–water partition coefficient (Wildman–Crippen LogP) is 3.88. The van der Waals surface area contributed by atoms with Crippen molar-refractivity contribution in [1.82, 2.24) is 0 Å². The van der Waals surface area contributed by atoms with Gasteiger partial charge in [-0.25, -0.2) is 0 Å². The lowest BCUT2D eigenvalue weighted by atomic mass is 9.97. The summed E-state index contributed by atoms with van der Waals surface area (Å²) in [5.41, 5.74) is -0.735. The van der Waals surface area contributed by atoms with E-state index in [9.17, 15) is 18.0 Å². The third-order valence-electron chi connectivity index (χ3n) is 2.89. The molecule has 0 aliphatic heterocycles. The van der Waals surface area contributed by atoms with Gasteiger partial charge in [0, 0.05) is 6.42 Å². The number of carboxylic acid groups (broad SMARTS) is 1. The highest BCUT2D eigenvalue weighted by molar-refractivity contribution is 5.84. The highest BCUT2D eigenvalue weighted by atomic mass is 19.4. The molecule has 0 amide bonds. The van der Waals surface area contributed by atoms with E-state index in [2.05, 4.69) is 0 Å². The van der Waals surface area contributed by atoms with Crippen molar-refractivity contribution in [3.05, 3.63) is 47.5 Å². The van der Waals surface area contributed by atoms with E-state index in [1.54, 1.807) is 24.3 Å². The number of alkyl halides is 3. The molecule has 0 unspecified atom stereocenters. The first kappa shape index (κ1) is 13.4. The van der Waals surface area contributed by atoms with Crippen LogP contribution in [0.15, 0.2) is 36.4 Å². The number of fused-ring (bicyclic) bond motifs is 1. The van der Waals surface area contributed by atoms with Crippen LogP contribution < -0.4 is 0 Å². The summed E-state index contributed by atoms with van der Waals surface area (Å²) < 4.78 is 38.9. The van der Waals surface area contributed by atoms with Crippen molar-refractivity contribution < 1.29 is 23.1 Å². The van der Waals surface area contributed by atoms with E-state index >= 15 is 0 Å². The Hall–Kier alpha value is -2.04. The van der Waals surface area contributed by atoms with Crippen LogP contribution in [0.2, 0.25) is 0 Å². The molecule has 0 bridgehead atoms. The topological polar surface area (TPSA) is 37.3 Å². The third kappa shape index (κ3) is 3.05. The Morgan fingerprint density at radius 2 is 1.68 bits per heavy atom. The zero-order valence-corrected chi connectivity index (χ0v) is 9.87. The van der Waals surface area contributed by atoms with Crippen LogP contribution in [0.25, 0.3) is 10.8 Å². The molecule has 0 fully saturated rings. The van der Waals surface area contributed by atoms with E-state index in [1.807, 2.05) is 0 Å². The minimum atomic E-state index is -4.47. The van der Waals surface area contributed by atoms with Crippen LogP contribution >= 0.6 is 0 Å². The first-order valence-electron chi connectivity index (χ1n) is 5.68. The summed E-state index contributed by atoms with van der Waals surface area (Å²) in [6, 6.07) is 9.20. The maximum atomic E-state index is 13.0. The molecule has 0 aliphatic rings. The van der Waals surface area contributed by atoms with Crippen LogP contribution in [-0.2, 0) is 17.4 Å². The standard InChI is InChI=1S/C14H11F3O2/c15-14(16,17)12-8-10-4-2-1-3-9(10)7-11(12)5-6-13(18)19/h1-4,7-8H,5-6H2,(H,18,19). The van der Waals surface area contributed by atoms with Crippen molar-refractivity contribution in [2.24, 2.45) is 0 Å². The largest absolute Gasteiger partial charge is 0.481 e. The van der Waals surface area contributed by atoms with E-state index in [4.69, 9.17) is 5.11 Å². The van der Waals surface area contributed by atoms with Crippen LogP contribution in [0.3, 0.4) is 0 Å². The van der Waals surface area contributed by atoms with Gasteiger partial charge in [-0.2, -0.15) is 13.2 Å². The first-order valence-corrected chi connectivity index (χ1v) is 5.68. The molecule has 2 aromatic rings. The molecule has 0 saturated carbocycles. The molecular weight excluding hydrogens is 257 g/mol. The number of carbonyl (C=O) groups is 1. The molecule has 0 aromatic heterocycles. The summed E-state index contributed by atoms with van der Waals surface area (Å²) in [5.74, 6) is -1.11. The Morgan fingerprint density at radius 3 is 2.21 bits per heavy atom. The van der Waals surface area contributed by atoms with Gasteiger partial charge >= 0.3 is 12.1 Å². The number of aliphatic carboxylic acids is 1. The minimum Gasteiger partial charge on any atom is -0.481 e. The second-order valence-corrected chi connectivity index (χ2v) is 4.25. The van der Waals surface area contributed by atoms with Crippen LogP contribution in [0.5, 0.6) is 0 Å². The Labute approximate surface area is 107 Å². The second-order valence-electron chi connectivity index (χ2n) is 4.25. The van der Waals surface area contributed by atoms with Gasteiger partial charge in [-0.1, -0.05) is 30.3 Å². The molecule has 0 spiro atoms. The molecule has 0 radical (unpaired) electrons. The lowest BCUT2D eigenvalue weighted by Gasteiger charge is -2.14. The summed E-state index contributed by atoms with van der Waals surface area (Å²) in [5, 5.41) is 9.77. The molecule has 5 heteroatoms. The smallest absolute Gasteiger partial charge is 0.416 e. The Bertz CT molecular complexity index is 618. The van der Waals surface area contributed by atoms with E-state index < -0.39 is 17.7 Å².